The molecule has 27 heavy (non-hydrogen) atoms. The molecule has 5 nitrogen and oxygen atoms in total. The average molecular weight is 385 g/mol. The fourth-order valence-electron chi connectivity index (χ4n) is 4.33. The molecule has 0 spiro atoms. The van der Waals surface area contributed by atoms with E-state index in [0.717, 1.165) is 45.6 Å². The highest BCUT2D eigenvalue weighted by Gasteiger charge is 2.31. The molecule has 2 aromatic rings. The smallest absolute Gasteiger partial charge is 0.230 e. The summed E-state index contributed by atoms with van der Waals surface area (Å²) in [5.41, 5.74) is 1.40. The molecule has 1 aromatic carbocycles. The Labute approximate surface area is 165 Å². The van der Waals surface area contributed by atoms with E-state index in [1.54, 1.807) is 6.20 Å². The van der Waals surface area contributed by atoms with E-state index in [1.165, 1.54) is 29.7 Å². The summed E-state index contributed by atoms with van der Waals surface area (Å²) in [4.78, 5) is 21.9. The lowest BCUT2D eigenvalue weighted by atomic mass is 9.93. The molecule has 4 rings (SSSR count). The number of hydrogen-bond donors (Lipinski definition) is 1. The van der Waals surface area contributed by atoms with Gasteiger partial charge in [0, 0.05) is 30.7 Å². The van der Waals surface area contributed by atoms with Gasteiger partial charge in [-0.2, -0.15) is 0 Å². The molecule has 0 bridgehead atoms. The normalized spacial score (nSPS) is 22.6. The van der Waals surface area contributed by atoms with Crippen molar-refractivity contribution < 1.29 is 4.79 Å². The first-order valence-electron chi connectivity index (χ1n) is 9.98. The third-order valence-electron chi connectivity index (χ3n) is 5.81. The number of anilines is 1. The van der Waals surface area contributed by atoms with Crippen LogP contribution in [0.25, 0.3) is 0 Å². The maximum Gasteiger partial charge on any atom is 0.230 e. The topological polar surface area (TPSA) is 48.5 Å². The number of nitrogens with one attached hydrogen (secondary N) is 1. The number of carbonyl (C=O) groups is 1. The number of likely N-dealkylation sites (tertiary alicyclic amines) is 2. The van der Waals surface area contributed by atoms with Gasteiger partial charge in [0.2, 0.25) is 5.91 Å². The van der Waals surface area contributed by atoms with Crippen LogP contribution in [0.4, 0.5) is 5.13 Å². The highest BCUT2D eigenvalue weighted by molar-refractivity contribution is 7.13. The Hall–Kier alpha value is -1.76. The van der Waals surface area contributed by atoms with Gasteiger partial charge in [0.05, 0.1) is 5.92 Å². The van der Waals surface area contributed by atoms with E-state index in [-0.39, 0.29) is 11.8 Å². The van der Waals surface area contributed by atoms with Crippen molar-refractivity contribution in [3.05, 3.63) is 47.5 Å². The van der Waals surface area contributed by atoms with Crippen molar-refractivity contribution in [2.24, 2.45) is 5.92 Å². The fraction of sp³-hybridized carbons (Fsp3) is 0.524. The van der Waals surface area contributed by atoms with Gasteiger partial charge >= 0.3 is 0 Å². The Morgan fingerprint density at radius 1 is 1.15 bits per heavy atom. The van der Waals surface area contributed by atoms with Crippen LogP contribution in [0.15, 0.2) is 41.9 Å². The molecule has 144 valence electrons. The van der Waals surface area contributed by atoms with Crippen molar-refractivity contribution in [3.63, 3.8) is 0 Å². The number of amides is 1. The second-order valence-corrected chi connectivity index (χ2v) is 8.55. The van der Waals surface area contributed by atoms with Crippen molar-refractivity contribution in [1.82, 2.24) is 14.8 Å². The lowest BCUT2D eigenvalue weighted by molar-refractivity contribution is -0.122. The highest BCUT2D eigenvalue weighted by atomic mass is 32.1. The molecule has 0 radical (unpaired) electrons. The van der Waals surface area contributed by atoms with Gasteiger partial charge in [0.25, 0.3) is 0 Å². The highest BCUT2D eigenvalue weighted by Crippen LogP contribution is 2.25. The van der Waals surface area contributed by atoms with E-state index >= 15 is 0 Å². The second-order valence-electron chi connectivity index (χ2n) is 7.65. The third kappa shape index (κ3) is 4.94. The molecule has 1 N–H and O–H groups in total. The summed E-state index contributed by atoms with van der Waals surface area (Å²) in [6.07, 6.45) is 6.23. The first-order chi connectivity index (χ1) is 13.3. The molecular weight excluding hydrogens is 356 g/mol. The van der Waals surface area contributed by atoms with Crippen LogP contribution in [0.3, 0.4) is 0 Å². The third-order valence-corrected chi connectivity index (χ3v) is 6.50. The Kier molecular flexibility index (Phi) is 6.17. The zero-order chi connectivity index (χ0) is 18.5. The molecule has 1 aromatic heterocycles. The summed E-state index contributed by atoms with van der Waals surface area (Å²) in [6, 6.07) is 11.4. The number of hydrogen-bond acceptors (Lipinski definition) is 5. The van der Waals surface area contributed by atoms with E-state index in [0.29, 0.717) is 11.2 Å². The van der Waals surface area contributed by atoms with Crippen LogP contribution < -0.4 is 5.32 Å². The molecule has 2 saturated heterocycles. The maximum absolute atomic E-state index is 12.6. The molecule has 3 heterocycles. The monoisotopic (exact) mass is 384 g/mol. The predicted octanol–water partition coefficient (Wildman–Crippen LogP) is 3.46. The SMILES string of the molecule is O=C(Nc1nccs1)[C@H]1CCCN(C2CCN(Cc3ccccc3)CC2)C1. The van der Waals surface area contributed by atoms with Crippen LogP contribution in [0.2, 0.25) is 0 Å². The largest absolute Gasteiger partial charge is 0.302 e. The van der Waals surface area contributed by atoms with Gasteiger partial charge in [0.15, 0.2) is 5.13 Å². The van der Waals surface area contributed by atoms with Crippen LogP contribution in [-0.2, 0) is 11.3 Å². The summed E-state index contributed by atoms with van der Waals surface area (Å²) >= 11 is 1.48. The Morgan fingerprint density at radius 3 is 2.70 bits per heavy atom. The van der Waals surface area contributed by atoms with Crippen molar-refractivity contribution >= 4 is 22.4 Å². The Balaban J connectivity index is 1.26. The van der Waals surface area contributed by atoms with Gasteiger partial charge < -0.3 is 5.32 Å². The molecule has 2 aliphatic heterocycles. The van der Waals surface area contributed by atoms with Gasteiger partial charge in [-0.15, -0.1) is 11.3 Å². The molecule has 0 unspecified atom stereocenters. The minimum absolute atomic E-state index is 0.0880. The molecule has 0 saturated carbocycles. The van der Waals surface area contributed by atoms with Crippen LogP contribution in [0.5, 0.6) is 0 Å². The first-order valence-corrected chi connectivity index (χ1v) is 10.9. The van der Waals surface area contributed by atoms with E-state index < -0.39 is 0 Å². The van der Waals surface area contributed by atoms with Gasteiger partial charge in [-0.05, 0) is 50.9 Å². The van der Waals surface area contributed by atoms with Gasteiger partial charge in [-0.1, -0.05) is 30.3 Å². The van der Waals surface area contributed by atoms with Gasteiger partial charge in [-0.3, -0.25) is 14.6 Å². The molecule has 2 aliphatic rings. The van der Waals surface area contributed by atoms with Crippen molar-refractivity contribution in [1.29, 1.82) is 0 Å². The fourth-order valence-corrected chi connectivity index (χ4v) is 4.86. The first kappa shape index (κ1) is 18.6. The van der Waals surface area contributed by atoms with Gasteiger partial charge in [0.1, 0.15) is 0 Å². The summed E-state index contributed by atoms with van der Waals surface area (Å²) in [7, 11) is 0. The number of piperidine rings is 2. The molecule has 2 fully saturated rings. The number of carbonyl (C=O) groups excluding carboxylic acids is 1. The Morgan fingerprint density at radius 2 is 1.96 bits per heavy atom. The summed E-state index contributed by atoms with van der Waals surface area (Å²) in [6.45, 7) is 5.36. The van der Waals surface area contributed by atoms with Crippen molar-refractivity contribution in [3.8, 4) is 0 Å². The number of rotatable bonds is 5. The zero-order valence-electron chi connectivity index (χ0n) is 15.7. The maximum atomic E-state index is 12.6. The molecule has 0 aliphatic carbocycles. The van der Waals surface area contributed by atoms with Crippen LogP contribution in [0.1, 0.15) is 31.2 Å². The standard InChI is InChI=1S/C21H28N4OS/c26-20(23-21-22-10-14-27-21)18-7-4-11-25(16-18)19-8-12-24(13-9-19)15-17-5-2-1-3-6-17/h1-3,5-6,10,14,18-19H,4,7-9,11-13,15-16H2,(H,22,23,26)/t18-/m0/s1. The van der Waals surface area contributed by atoms with Crippen molar-refractivity contribution in [2.75, 3.05) is 31.5 Å². The molecule has 1 amide bonds. The number of nitrogens with zero attached hydrogens (tertiary/aromatic N) is 3. The molecule has 6 heteroatoms. The van der Waals surface area contributed by atoms with Gasteiger partial charge in [-0.25, -0.2) is 4.98 Å². The van der Waals surface area contributed by atoms with Crippen LogP contribution >= 0.6 is 11.3 Å². The summed E-state index contributed by atoms with van der Waals surface area (Å²) < 4.78 is 0. The van der Waals surface area contributed by atoms with E-state index in [2.05, 4.69) is 50.4 Å². The lowest BCUT2D eigenvalue weighted by Gasteiger charge is -2.42. The van der Waals surface area contributed by atoms with Crippen LogP contribution in [0, 0.1) is 5.92 Å². The lowest BCUT2D eigenvalue weighted by Crippen LogP contribution is -2.50. The summed E-state index contributed by atoms with van der Waals surface area (Å²) in [5.74, 6) is 0.223. The quantitative estimate of drug-likeness (QED) is 0.858. The number of thiazole rings is 1. The van der Waals surface area contributed by atoms with E-state index in [4.69, 9.17) is 0 Å². The Bertz CT molecular complexity index is 713. The molecule has 1 atom stereocenters. The van der Waals surface area contributed by atoms with Crippen LogP contribution in [-0.4, -0.2) is 52.9 Å². The second kappa shape index (κ2) is 8.95. The number of benzene rings is 1. The number of aromatic nitrogens is 1. The minimum Gasteiger partial charge on any atom is -0.302 e. The van der Waals surface area contributed by atoms with E-state index in [9.17, 15) is 4.79 Å². The minimum atomic E-state index is 0.0880. The molecular formula is C21H28N4OS. The predicted molar refractivity (Wildman–Crippen MR) is 110 cm³/mol. The van der Waals surface area contributed by atoms with E-state index in [1.807, 2.05) is 5.38 Å². The van der Waals surface area contributed by atoms with Crippen molar-refractivity contribution in [2.45, 2.75) is 38.3 Å². The average Bonchev–Trinajstić information content (AvgIpc) is 3.22. The zero-order valence-corrected chi connectivity index (χ0v) is 16.5. The summed E-state index contributed by atoms with van der Waals surface area (Å²) in [5, 5.41) is 5.59.